The molecule has 8 nitrogen and oxygen atoms in total. The average molecular weight is 295 g/mol. The zero-order valence-corrected chi connectivity index (χ0v) is 11.4. The third-order valence-electron chi connectivity index (χ3n) is 3.29. The number of nitriles is 1. The standard InChI is InChI=1S/C13H17N3O5/c1-20-11-3-7(4-14)2-10(16-11)15-8-6-21-9(5-17)13(19)12(8)18/h2-3,8-9,12-13,17-19H,5-6H2,1H3,(H,15,16)/t8-,9+,12+,13-/m0/s1. The first kappa shape index (κ1) is 15.5. The minimum absolute atomic E-state index is 0.0875. The average Bonchev–Trinajstić information content (AvgIpc) is 2.51. The first-order valence-corrected chi connectivity index (χ1v) is 6.40. The molecule has 1 aliphatic heterocycles. The van der Waals surface area contributed by atoms with Crippen molar-refractivity contribution in [1.29, 1.82) is 5.26 Å². The predicted octanol–water partition coefficient (Wildman–Crippen LogP) is -1.14. The van der Waals surface area contributed by atoms with Gasteiger partial charge in [0.15, 0.2) is 0 Å². The molecular weight excluding hydrogens is 278 g/mol. The molecule has 0 aliphatic carbocycles. The fourth-order valence-electron chi connectivity index (χ4n) is 2.11. The number of nitrogens with zero attached hydrogens (tertiary/aromatic N) is 2. The Morgan fingerprint density at radius 3 is 2.86 bits per heavy atom. The van der Waals surface area contributed by atoms with Crippen LogP contribution in [0, 0.1) is 11.3 Å². The van der Waals surface area contributed by atoms with Crippen LogP contribution in [0.5, 0.6) is 5.88 Å². The maximum Gasteiger partial charge on any atom is 0.216 e. The van der Waals surface area contributed by atoms with Crippen LogP contribution in [0.1, 0.15) is 5.56 Å². The van der Waals surface area contributed by atoms with Gasteiger partial charge in [0.05, 0.1) is 38.0 Å². The van der Waals surface area contributed by atoms with Gasteiger partial charge in [0.1, 0.15) is 24.1 Å². The topological polar surface area (TPSA) is 128 Å². The Morgan fingerprint density at radius 2 is 2.24 bits per heavy atom. The molecule has 4 atom stereocenters. The number of pyridine rings is 1. The normalized spacial score (nSPS) is 28.7. The number of aliphatic hydroxyl groups excluding tert-OH is 3. The van der Waals surface area contributed by atoms with Crippen molar-refractivity contribution in [2.45, 2.75) is 24.4 Å². The van der Waals surface area contributed by atoms with Crippen LogP contribution < -0.4 is 10.1 Å². The van der Waals surface area contributed by atoms with Gasteiger partial charge in [-0.3, -0.25) is 0 Å². The van der Waals surface area contributed by atoms with E-state index in [1.54, 1.807) is 0 Å². The molecule has 1 saturated heterocycles. The summed E-state index contributed by atoms with van der Waals surface area (Å²) in [5, 5.41) is 40.7. The highest BCUT2D eigenvalue weighted by Gasteiger charge is 2.38. The SMILES string of the molecule is COc1cc(C#N)cc(N[C@H]2CO[C@H](CO)[C@H](O)[C@@H]2O)n1. The molecule has 1 aliphatic rings. The van der Waals surface area contributed by atoms with E-state index in [2.05, 4.69) is 10.3 Å². The third kappa shape index (κ3) is 3.40. The van der Waals surface area contributed by atoms with Crippen molar-refractivity contribution >= 4 is 5.82 Å². The summed E-state index contributed by atoms with van der Waals surface area (Å²) in [6.07, 6.45) is -3.15. The second kappa shape index (κ2) is 6.69. The van der Waals surface area contributed by atoms with Gasteiger partial charge < -0.3 is 30.1 Å². The van der Waals surface area contributed by atoms with Gasteiger partial charge in [-0.25, -0.2) is 0 Å². The number of ether oxygens (including phenoxy) is 2. The fraction of sp³-hybridized carbons (Fsp3) is 0.538. The monoisotopic (exact) mass is 295 g/mol. The molecule has 0 spiro atoms. The smallest absolute Gasteiger partial charge is 0.216 e. The number of rotatable bonds is 4. The predicted molar refractivity (Wildman–Crippen MR) is 71.8 cm³/mol. The number of aliphatic hydroxyl groups is 3. The van der Waals surface area contributed by atoms with E-state index in [1.165, 1.54) is 19.2 Å². The van der Waals surface area contributed by atoms with E-state index < -0.39 is 24.4 Å². The summed E-state index contributed by atoms with van der Waals surface area (Å²) in [5.74, 6) is 0.588. The van der Waals surface area contributed by atoms with Gasteiger partial charge in [0.2, 0.25) is 5.88 Å². The molecule has 0 saturated carbocycles. The van der Waals surface area contributed by atoms with Gasteiger partial charge in [-0.2, -0.15) is 10.2 Å². The molecule has 8 heteroatoms. The van der Waals surface area contributed by atoms with Gasteiger partial charge in [-0.1, -0.05) is 0 Å². The van der Waals surface area contributed by atoms with Crippen LogP contribution in [0.3, 0.4) is 0 Å². The molecule has 0 unspecified atom stereocenters. The molecule has 1 aromatic heterocycles. The lowest BCUT2D eigenvalue weighted by Crippen LogP contribution is -2.56. The van der Waals surface area contributed by atoms with Crippen LogP contribution in [0.2, 0.25) is 0 Å². The van der Waals surface area contributed by atoms with Crippen LogP contribution in [0.4, 0.5) is 5.82 Å². The second-order valence-electron chi connectivity index (χ2n) is 4.68. The third-order valence-corrected chi connectivity index (χ3v) is 3.29. The maximum atomic E-state index is 10.0. The van der Waals surface area contributed by atoms with Crippen molar-refractivity contribution in [2.24, 2.45) is 0 Å². The molecule has 2 heterocycles. The Balaban J connectivity index is 2.13. The van der Waals surface area contributed by atoms with Crippen molar-refractivity contribution in [3.05, 3.63) is 17.7 Å². The molecule has 0 bridgehead atoms. The number of hydrogen-bond donors (Lipinski definition) is 4. The summed E-state index contributed by atoms with van der Waals surface area (Å²) in [7, 11) is 1.43. The highest BCUT2D eigenvalue weighted by atomic mass is 16.5. The van der Waals surface area contributed by atoms with E-state index in [-0.39, 0.29) is 19.1 Å². The number of anilines is 1. The Morgan fingerprint density at radius 1 is 1.48 bits per heavy atom. The minimum Gasteiger partial charge on any atom is -0.481 e. The zero-order chi connectivity index (χ0) is 15.4. The molecular formula is C13H17N3O5. The Kier molecular flexibility index (Phi) is 4.93. The summed E-state index contributed by atoms with van der Waals surface area (Å²) < 4.78 is 10.3. The van der Waals surface area contributed by atoms with Crippen LogP contribution in [0.15, 0.2) is 12.1 Å². The highest BCUT2D eigenvalue weighted by molar-refractivity contribution is 5.47. The Hall–Kier alpha value is -1.92. The van der Waals surface area contributed by atoms with Gasteiger partial charge in [0.25, 0.3) is 0 Å². The summed E-state index contributed by atoms with van der Waals surface area (Å²) in [6.45, 7) is -0.287. The van der Waals surface area contributed by atoms with Gasteiger partial charge >= 0.3 is 0 Å². The highest BCUT2D eigenvalue weighted by Crippen LogP contribution is 2.21. The van der Waals surface area contributed by atoms with E-state index in [1.807, 2.05) is 6.07 Å². The number of hydrogen-bond acceptors (Lipinski definition) is 8. The second-order valence-corrected chi connectivity index (χ2v) is 4.68. The molecule has 1 fully saturated rings. The molecule has 4 N–H and O–H groups in total. The lowest BCUT2D eigenvalue weighted by Gasteiger charge is -2.37. The van der Waals surface area contributed by atoms with E-state index in [0.717, 1.165) is 0 Å². The first-order valence-electron chi connectivity index (χ1n) is 6.40. The van der Waals surface area contributed by atoms with Crippen LogP contribution in [0.25, 0.3) is 0 Å². The summed E-state index contributed by atoms with van der Waals surface area (Å²) in [5.41, 5.74) is 0.351. The van der Waals surface area contributed by atoms with E-state index in [0.29, 0.717) is 11.4 Å². The summed E-state index contributed by atoms with van der Waals surface area (Å²) in [6, 6.07) is 4.34. The first-order chi connectivity index (χ1) is 10.1. The number of nitrogens with one attached hydrogen (secondary N) is 1. The fourth-order valence-corrected chi connectivity index (χ4v) is 2.11. The molecule has 0 radical (unpaired) electrons. The van der Waals surface area contributed by atoms with Crippen molar-refractivity contribution in [3.63, 3.8) is 0 Å². The largest absolute Gasteiger partial charge is 0.481 e. The lowest BCUT2D eigenvalue weighted by atomic mass is 9.98. The molecule has 2 rings (SSSR count). The summed E-state index contributed by atoms with van der Waals surface area (Å²) >= 11 is 0. The quantitative estimate of drug-likeness (QED) is 0.548. The molecule has 21 heavy (non-hydrogen) atoms. The minimum atomic E-state index is -1.21. The maximum absolute atomic E-state index is 10.0. The van der Waals surface area contributed by atoms with E-state index in [4.69, 9.17) is 19.8 Å². The van der Waals surface area contributed by atoms with Gasteiger partial charge in [-0.15, -0.1) is 0 Å². The molecule has 114 valence electrons. The van der Waals surface area contributed by atoms with Crippen LogP contribution >= 0.6 is 0 Å². The van der Waals surface area contributed by atoms with Crippen molar-refractivity contribution in [3.8, 4) is 11.9 Å². The lowest BCUT2D eigenvalue weighted by molar-refractivity contribution is -0.152. The van der Waals surface area contributed by atoms with Crippen LogP contribution in [-0.4, -0.2) is 65.0 Å². The molecule has 0 aromatic carbocycles. The van der Waals surface area contributed by atoms with E-state index >= 15 is 0 Å². The Bertz CT molecular complexity index is 533. The van der Waals surface area contributed by atoms with Crippen LogP contribution in [-0.2, 0) is 4.74 Å². The number of methoxy groups -OCH3 is 1. The zero-order valence-electron chi connectivity index (χ0n) is 11.4. The van der Waals surface area contributed by atoms with Gasteiger partial charge in [0, 0.05) is 6.07 Å². The summed E-state index contributed by atoms with van der Waals surface area (Å²) in [4.78, 5) is 4.11. The number of aromatic nitrogens is 1. The van der Waals surface area contributed by atoms with Crippen molar-refractivity contribution in [2.75, 3.05) is 25.6 Å². The molecule has 0 amide bonds. The van der Waals surface area contributed by atoms with Crippen molar-refractivity contribution in [1.82, 2.24) is 4.98 Å². The molecule has 1 aromatic rings. The Labute approximate surface area is 121 Å². The van der Waals surface area contributed by atoms with E-state index in [9.17, 15) is 10.2 Å². The van der Waals surface area contributed by atoms with Gasteiger partial charge in [-0.05, 0) is 6.07 Å². The van der Waals surface area contributed by atoms with Crippen molar-refractivity contribution < 1.29 is 24.8 Å².